The number of carbonyl (C=O) groups excluding carboxylic acids is 2. The molecule has 0 amide bonds. The predicted molar refractivity (Wildman–Crippen MR) is 177 cm³/mol. The highest BCUT2D eigenvalue weighted by Crippen LogP contribution is 2.12. The van der Waals surface area contributed by atoms with Gasteiger partial charge in [0, 0.05) is 12.8 Å². The van der Waals surface area contributed by atoms with Gasteiger partial charge in [0.25, 0.3) is 0 Å². The number of quaternary nitrogens is 2. The van der Waals surface area contributed by atoms with Crippen molar-refractivity contribution in [3.8, 4) is 11.8 Å². The molecule has 0 rings (SSSR count). The molecule has 0 N–H and O–H groups in total. The Hall–Kier alpha value is -1.000. The number of rotatable bonds is 28. The van der Waals surface area contributed by atoms with Gasteiger partial charge in [-0.05, 0) is 24.7 Å². The van der Waals surface area contributed by atoms with E-state index >= 15 is 0 Å². The van der Waals surface area contributed by atoms with Crippen LogP contribution in [-0.4, -0.2) is 88.5 Å². The molecule has 0 unspecified atom stereocenters. The summed E-state index contributed by atoms with van der Waals surface area (Å²) in [7, 11) is 8.48. The minimum Gasteiger partial charge on any atom is -1.00 e. The van der Waals surface area contributed by atoms with Crippen molar-refractivity contribution >= 4 is 11.9 Å². The van der Waals surface area contributed by atoms with E-state index in [1.54, 1.807) is 0 Å². The Morgan fingerprint density at radius 2 is 0.750 bits per heavy atom. The predicted octanol–water partition coefficient (Wildman–Crippen LogP) is 2.08. The summed E-state index contributed by atoms with van der Waals surface area (Å²) < 4.78 is 12.4. The van der Waals surface area contributed by atoms with E-state index in [2.05, 4.69) is 53.9 Å². The molecule has 0 aromatic carbocycles. The van der Waals surface area contributed by atoms with Gasteiger partial charge in [-0.25, -0.2) is 0 Å². The summed E-state index contributed by atoms with van der Waals surface area (Å²) in [6.07, 6.45) is 23.6. The van der Waals surface area contributed by atoms with Crippen molar-refractivity contribution in [2.24, 2.45) is 0 Å². The van der Waals surface area contributed by atoms with Crippen molar-refractivity contribution in [3.63, 3.8) is 0 Å². The Morgan fingerprint density at radius 3 is 1.05 bits per heavy atom. The van der Waals surface area contributed by atoms with Gasteiger partial charge in [0.15, 0.2) is 0 Å². The van der Waals surface area contributed by atoms with Gasteiger partial charge in [0.1, 0.15) is 39.4 Å². The third kappa shape index (κ3) is 33.9. The maximum absolute atomic E-state index is 12.1. The summed E-state index contributed by atoms with van der Waals surface area (Å²) >= 11 is 0. The molecule has 0 radical (unpaired) electrons. The van der Waals surface area contributed by atoms with Crippen molar-refractivity contribution in [1.82, 2.24) is 0 Å². The summed E-state index contributed by atoms with van der Waals surface area (Å²) in [6.45, 7) is 8.31. The molecule has 0 aromatic rings. The van der Waals surface area contributed by atoms with Gasteiger partial charge in [-0.2, -0.15) is 0 Å². The van der Waals surface area contributed by atoms with E-state index in [9.17, 15) is 9.59 Å². The number of likely N-dealkylation sites (N-methyl/N-ethyl adjacent to an activating group) is 2. The van der Waals surface area contributed by atoms with Crippen LogP contribution in [0.5, 0.6) is 0 Å². The van der Waals surface area contributed by atoms with Crippen molar-refractivity contribution < 1.29 is 52.8 Å². The molecule has 0 heterocycles. The lowest BCUT2D eigenvalue weighted by atomic mass is 10.1. The van der Waals surface area contributed by atoms with Crippen LogP contribution in [0.25, 0.3) is 0 Å². The molecule has 0 aromatic heterocycles. The van der Waals surface area contributed by atoms with Gasteiger partial charge >= 0.3 is 11.9 Å². The number of halogens is 2. The molecule has 0 atom stereocenters. The Bertz CT molecular complexity index is 677. The van der Waals surface area contributed by atoms with E-state index in [0.717, 1.165) is 38.8 Å². The molecule has 44 heavy (non-hydrogen) atoms. The lowest BCUT2D eigenvalue weighted by Gasteiger charge is -2.28. The summed E-state index contributed by atoms with van der Waals surface area (Å²) in [5.41, 5.74) is 0. The zero-order chi connectivity index (χ0) is 31.4. The largest absolute Gasteiger partial charge is 1.00 e. The highest BCUT2D eigenvalue weighted by Gasteiger charge is 2.16. The van der Waals surface area contributed by atoms with E-state index in [-0.39, 0.29) is 36.8 Å². The summed E-state index contributed by atoms with van der Waals surface area (Å²) in [5.74, 6) is 6.47. The molecule has 0 aliphatic carbocycles. The Balaban J connectivity index is -0.00000840. The number of unbranched alkanes of at least 4 members (excludes halogenated alkanes) is 16. The molecule has 0 aliphatic heterocycles. The smallest absolute Gasteiger partial charge is 0.305 e. The van der Waals surface area contributed by atoms with Crippen molar-refractivity contribution in [1.29, 1.82) is 0 Å². The van der Waals surface area contributed by atoms with Crippen LogP contribution in [0.2, 0.25) is 0 Å². The maximum Gasteiger partial charge on any atom is 0.305 e. The van der Waals surface area contributed by atoms with E-state index < -0.39 is 0 Å². The first-order valence-electron chi connectivity index (χ1n) is 17.5. The minimum absolute atomic E-state index is 0. The second kappa shape index (κ2) is 32.0. The number of hydrogen-bond donors (Lipinski definition) is 0. The van der Waals surface area contributed by atoms with Gasteiger partial charge in [0.2, 0.25) is 0 Å². The zero-order valence-corrected chi connectivity index (χ0v) is 31.2. The van der Waals surface area contributed by atoms with Gasteiger partial charge in [-0.1, -0.05) is 117 Å². The Labute approximate surface area is 285 Å². The molecule has 0 fully saturated rings. The van der Waals surface area contributed by atoms with Crippen molar-refractivity contribution in [3.05, 3.63) is 0 Å². The second-order valence-electron chi connectivity index (χ2n) is 13.6. The molecule has 0 aliphatic rings. The van der Waals surface area contributed by atoms with Crippen LogP contribution in [0.4, 0.5) is 0 Å². The number of nitrogens with zero attached hydrogens (tertiary/aromatic N) is 2. The fourth-order valence-electron chi connectivity index (χ4n) is 4.82. The van der Waals surface area contributed by atoms with Crippen molar-refractivity contribution in [2.75, 3.05) is 67.6 Å². The van der Waals surface area contributed by atoms with E-state index in [1.165, 1.54) is 89.9 Å². The number of carbonyl (C=O) groups is 2. The Morgan fingerprint density at radius 1 is 0.477 bits per heavy atom. The fourth-order valence-corrected chi connectivity index (χ4v) is 4.82. The molecule has 0 spiro atoms. The normalized spacial score (nSPS) is 11.1. The minimum atomic E-state index is -0.0723. The monoisotopic (exact) mass is 664 g/mol. The van der Waals surface area contributed by atoms with Gasteiger partial charge in [0.05, 0.1) is 28.2 Å². The Kier molecular flexibility index (Phi) is 34.4. The van der Waals surface area contributed by atoms with Crippen LogP contribution in [0.15, 0.2) is 0 Å². The molecule has 262 valence electrons. The quantitative estimate of drug-likeness (QED) is 0.0557. The SMILES string of the molecule is CCCCCCCCCCCC(=O)OCC[N+](C)(C)CC#CC[N+](C)(C)CCOC(=O)CCCCCCCCCCC.[Cl-].[Cl-]. The molecule has 8 heteroatoms. The first-order chi connectivity index (χ1) is 20.1. The molecule has 6 nitrogen and oxygen atoms in total. The average Bonchev–Trinajstić information content (AvgIpc) is 2.93. The molecular weight excluding hydrogens is 595 g/mol. The molecule has 0 bridgehead atoms. The average molecular weight is 666 g/mol. The van der Waals surface area contributed by atoms with Crippen molar-refractivity contribution in [2.45, 2.75) is 142 Å². The maximum atomic E-state index is 12.1. The van der Waals surface area contributed by atoms with Crippen LogP contribution < -0.4 is 24.8 Å². The molecule has 0 saturated heterocycles. The first kappa shape index (κ1) is 47.4. The number of hydrogen-bond acceptors (Lipinski definition) is 4. The second-order valence-corrected chi connectivity index (χ2v) is 13.6. The van der Waals surface area contributed by atoms with Gasteiger partial charge in [-0.15, -0.1) is 0 Å². The number of ether oxygens (including phenoxy) is 2. The third-order valence-electron chi connectivity index (χ3n) is 8.03. The lowest BCUT2D eigenvalue weighted by Crippen LogP contribution is -3.00. The topological polar surface area (TPSA) is 52.6 Å². The first-order valence-corrected chi connectivity index (χ1v) is 17.5. The number of esters is 2. The molecule has 0 saturated carbocycles. The van der Waals surface area contributed by atoms with Crippen LogP contribution in [-0.2, 0) is 19.1 Å². The molecular formula is C36H70Cl2N2O4. The fraction of sp³-hybridized carbons (Fsp3) is 0.889. The summed E-state index contributed by atoms with van der Waals surface area (Å²) in [6, 6.07) is 0. The third-order valence-corrected chi connectivity index (χ3v) is 8.03. The highest BCUT2D eigenvalue weighted by molar-refractivity contribution is 5.69. The van der Waals surface area contributed by atoms with Gasteiger partial charge < -0.3 is 43.3 Å². The zero-order valence-electron chi connectivity index (χ0n) is 29.7. The van der Waals surface area contributed by atoms with Crippen LogP contribution in [0.1, 0.15) is 142 Å². The van der Waals surface area contributed by atoms with E-state index in [0.29, 0.717) is 48.1 Å². The highest BCUT2D eigenvalue weighted by atomic mass is 35.5. The van der Waals surface area contributed by atoms with Crippen LogP contribution >= 0.6 is 0 Å². The van der Waals surface area contributed by atoms with E-state index in [1.807, 2.05) is 0 Å². The van der Waals surface area contributed by atoms with E-state index in [4.69, 9.17) is 9.47 Å². The lowest BCUT2D eigenvalue weighted by molar-refractivity contribution is -0.884. The summed E-state index contributed by atoms with van der Waals surface area (Å²) in [4.78, 5) is 24.1. The summed E-state index contributed by atoms with van der Waals surface area (Å²) in [5, 5.41) is 0. The standard InChI is InChI=1S/C36H70N2O4.2ClH/c1-7-9-11-13-15-17-19-21-23-27-35(39)41-33-31-37(3,4)29-25-26-30-38(5,6)32-34-42-36(40)28-24-22-20-18-16-14-12-10-8-2;;/h7-24,27-34H2,1-6H3;2*1H/q+2;;/p-2. The van der Waals surface area contributed by atoms with Crippen LogP contribution in [0, 0.1) is 11.8 Å². The van der Waals surface area contributed by atoms with Crippen LogP contribution in [0.3, 0.4) is 0 Å². The van der Waals surface area contributed by atoms with Gasteiger partial charge in [-0.3, -0.25) is 9.59 Å².